The molecule has 0 saturated carbocycles. The van der Waals surface area contributed by atoms with Gasteiger partial charge in [0.2, 0.25) is 0 Å². The van der Waals surface area contributed by atoms with Gasteiger partial charge in [0.05, 0.1) is 0 Å². The Bertz CT molecular complexity index is 3.61. The molecule has 0 spiro atoms. The molecule has 0 rings (SSSR count). The van der Waals surface area contributed by atoms with Gasteiger partial charge in [0, 0.05) is 0 Å². The average molecular weight is 120 g/mol. The molecule has 4 nitrogen and oxygen atoms in total. The fraction of sp³-hybridized carbons (Fsp3) is 0. The fourth-order valence-electron chi connectivity index (χ4n) is 0. The van der Waals surface area contributed by atoms with E-state index in [4.69, 9.17) is 0 Å². The Morgan fingerprint density at radius 3 is 0.400 bits per heavy atom. The summed E-state index contributed by atoms with van der Waals surface area (Å²) in [5.41, 5.74) is 0. The first-order valence-corrected chi connectivity index (χ1v) is 0. The Balaban J connectivity index is 0. The van der Waals surface area contributed by atoms with Crippen LogP contribution in [-0.4, -0.2) is 21.9 Å². The van der Waals surface area contributed by atoms with Crippen molar-refractivity contribution < 1.29 is 39.3 Å². The Hall–Kier alpha value is 0.372. The van der Waals surface area contributed by atoms with Crippen LogP contribution >= 0.6 is 0 Å². The first-order chi connectivity index (χ1) is 0. The van der Waals surface area contributed by atoms with Gasteiger partial charge in [0.25, 0.3) is 0 Å². The fourth-order valence-corrected chi connectivity index (χ4v) is 0. The third kappa shape index (κ3) is 177. The van der Waals surface area contributed by atoms with Crippen molar-refractivity contribution in [1.82, 2.24) is 0 Å². The predicted octanol–water partition coefficient (Wildman–Crippen LogP) is -0.710. The minimum Gasteiger partial charge on any atom is -0.870 e. The zero-order valence-electron chi connectivity index (χ0n) is 2.20. The van der Waals surface area contributed by atoms with Gasteiger partial charge in [0.15, 0.2) is 0 Å². The van der Waals surface area contributed by atoms with Gasteiger partial charge >= 0.3 is 17.4 Å². The Morgan fingerprint density at radius 2 is 0.400 bits per heavy atom. The van der Waals surface area contributed by atoms with Crippen molar-refractivity contribution in [2.45, 2.75) is 0 Å². The molecular weight excluding hydrogens is 116 g/mol. The molecule has 0 unspecified atom stereocenters. The summed E-state index contributed by atoms with van der Waals surface area (Å²) in [6, 6.07) is 0. The molecule has 0 fully saturated rings. The van der Waals surface area contributed by atoms with Crippen LogP contribution in [0, 0.1) is 0 Å². The Kier molecular flexibility index (Phi) is 53100. The van der Waals surface area contributed by atoms with E-state index in [9.17, 15) is 0 Å². The second kappa shape index (κ2) is 358. The maximum Gasteiger partial charge on any atom is 3.00 e. The van der Waals surface area contributed by atoms with Gasteiger partial charge in [-0.25, -0.2) is 0 Å². The normalized spacial score (nSPS) is 0. The van der Waals surface area contributed by atoms with Gasteiger partial charge in [-0.05, 0) is 0 Å². The van der Waals surface area contributed by atoms with Crippen LogP contribution in [0.3, 0.4) is 0 Å². The van der Waals surface area contributed by atoms with Crippen molar-refractivity contribution in [1.29, 1.82) is 0 Å². The van der Waals surface area contributed by atoms with Crippen LogP contribution in [0.25, 0.3) is 0 Å². The van der Waals surface area contributed by atoms with Gasteiger partial charge in [0.1, 0.15) is 0 Å². The van der Waals surface area contributed by atoms with Crippen LogP contribution in [0.4, 0.5) is 0 Å². The molecule has 0 aromatic heterocycles. The standard InChI is InChI=1S/Cr.4H2O/h;4*1H2/q+3;;;;/p-4. The molecule has 0 aliphatic heterocycles. The molecule has 4 N–H and O–H groups in total. The summed E-state index contributed by atoms with van der Waals surface area (Å²) < 4.78 is 0. The van der Waals surface area contributed by atoms with Crippen LogP contribution in [0.1, 0.15) is 0 Å². The van der Waals surface area contributed by atoms with Crippen molar-refractivity contribution in [2.24, 2.45) is 0 Å². The van der Waals surface area contributed by atoms with Crippen molar-refractivity contribution in [2.75, 3.05) is 0 Å². The van der Waals surface area contributed by atoms with E-state index in [1.54, 1.807) is 0 Å². The summed E-state index contributed by atoms with van der Waals surface area (Å²) in [6.07, 6.45) is 0. The molecular formula is H4CrO4-. The maximum atomic E-state index is 0. The number of hydrogen-bond acceptors (Lipinski definition) is 4. The SMILES string of the molecule is [Cr+3].[OH-].[OH-].[OH-].[OH-]. The van der Waals surface area contributed by atoms with Crippen molar-refractivity contribution in [3.8, 4) is 0 Å². The number of rotatable bonds is 0. The zero-order valence-corrected chi connectivity index (χ0v) is 3.47. The largest absolute Gasteiger partial charge is 3.00 e. The van der Waals surface area contributed by atoms with E-state index in [2.05, 4.69) is 0 Å². The molecule has 0 aliphatic rings. The summed E-state index contributed by atoms with van der Waals surface area (Å²) in [4.78, 5) is 0. The van der Waals surface area contributed by atoms with Gasteiger partial charge in [-0.2, -0.15) is 0 Å². The van der Waals surface area contributed by atoms with Gasteiger partial charge in [-0.3, -0.25) is 0 Å². The minimum absolute atomic E-state index is 0. The maximum absolute atomic E-state index is 0. The van der Waals surface area contributed by atoms with Crippen LogP contribution in [0.2, 0.25) is 0 Å². The molecule has 0 bridgehead atoms. The van der Waals surface area contributed by atoms with E-state index in [0.717, 1.165) is 0 Å². The van der Waals surface area contributed by atoms with Crippen LogP contribution in [0.5, 0.6) is 0 Å². The summed E-state index contributed by atoms with van der Waals surface area (Å²) in [6.45, 7) is 0. The monoisotopic (exact) mass is 120 g/mol. The molecule has 0 amide bonds. The summed E-state index contributed by atoms with van der Waals surface area (Å²) in [5, 5.41) is 0. The molecule has 5 heteroatoms. The average Bonchev–Trinajstić information content (AvgIpc) is 0. The third-order valence-corrected chi connectivity index (χ3v) is 0. The summed E-state index contributed by atoms with van der Waals surface area (Å²) >= 11 is 0. The second-order valence-corrected chi connectivity index (χ2v) is 0. The molecule has 1 radical (unpaired) electrons. The van der Waals surface area contributed by atoms with E-state index in [1.165, 1.54) is 0 Å². The molecule has 35 valence electrons. The van der Waals surface area contributed by atoms with Crippen LogP contribution in [0.15, 0.2) is 0 Å². The molecule has 0 heterocycles. The van der Waals surface area contributed by atoms with Crippen molar-refractivity contribution in [3.05, 3.63) is 0 Å². The van der Waals surface area contributed by atoms with Gasteiger partial charge in [-0.1, -0.05) is 0 Å². The van der Waals surface area contributed by atoms with E-state index in [0.29, 0.717) is 0 Å². The zero-order chi connectivity index (χ0) is 0. The van der Waals surface area contributed by atoms with Crippen LogP contribution < -0.4 is 0 Å². The third-order valence-electron chi connectivity index (χ3n) is 0. The van der Waals surface area contributed by atoms with E-state index in [-0.39, 0.29) is 39.3 Å². The van der Waals surface area contributed by atoms with Crippen molar-refractivity contribution >= 4 is 0 Å². The quantitative estimate of drug-likeness (QED) is 0.419. The molecule has 5 heavy (non-hydrogen) atoms. The van der Waals surface area contributed by atoms with Gasteiger partial charge < -0.3 is 21.9 Å². The molecule has 0 aromatic rings. The van der Waals surface area contributed by atoms with Gasteiger partial charge in [-0.15, -0.1) is 0 Å². The summed E-state index contributed by atoms with van der Waals surface area (Å²) in [5.74, 6) is 0. The smallest absolute Gasteiger partial charge is 0.870 e. The Morgan fingerprint density at radius 1 is 0.400 bits per heavy atom. The second-order valence-electron chi connectivity index (χ2n) is 0. The Labute approximate surface area is 40.2 Å². The molecule has 0 atom stereocenters. The summed E-state index contributed by atoms with van der Waals surface area (Å²) in [7, 11) is 0. The number of hydrogen-bond donors (Lipinski definition) is 0. The topological polar surface area (TPSA) is 120 Å². The molecule has 0 aromatic carbocycles. The molecule has 0 aliphatic carbocycles. The first kappa shape index (κ1) is 740. The molecule has 0 saturated heterocycles. The van der Waals surface area contributed by atoms with E-state index >= 15 is 0 Å². The van der Waals surface area contributed by atoms with E-state index in [1.807, 2.05) is 0 Å². The predicted molar refractivity (Wildman–Crippen MR) is 7.74 cm³/mol. The van der Waals surface area contributed by atoms with Crippen molar-refractivity contribution in [3.63, 3.8) is 0 Å². The first-order valence-electron chi connectivity index (χ1n) is 0. The minimum atomic E-state index is 0. The van der Waals surface area contributed by atoms with E-state index < -0.39 is 0 Å². The van der Waals surface area contributed by atoms with Crippen LogP contribution in [-0.2, 0) is 17.4 Å².